The topological polar surface area (TPSA) is 70.9 Å². The van der Waals surface area contributed by atoms with Crippen molar-refractivity contribution in [3.63, 3.8) is 0 Å². The molecule has 5 nitrogen and oxygen atoms in total. The maximum atomic E-state index is 12.6. The fourth-order valence-corrected chi connectivity index (χ4v) is 2.61. The molecule has 0 radical (unpaired) electrons. The van der Waals surface area contributed by atoms with E-state index < -0.39 is 5.92 Å². The molecule has 3 rings (SSSR count). The molecule has 1 heterocycles. The third-order valence-electron chi connectivity index (χ3n) is 4.10. The summed E-state index contributed by atoms with van der Waals surface area (Å²) in [7, 11) is 0. The number of aryl methyl sites for hydroxylation is 2. The minimum atomic E-state index is -0.656. The second-order valence-electron chi connectivity index (χ2n) is 5.69. The van der Waals surface area contributed by atoms with E-state index in [0.717, 1.165) is 16.7 Å². The quantitative estimate of drug-likeness (QED) is 0.660. The Morgan fingerprint density at radius 3 is 2.74 bits per heavy atom. The maximum absolute atomic E-state index is 12.6. The van der Waals surface area contributed by atoms with E-state index in [9.17, 15) is 4.79 Å². The number of oxime groups is 1. The molecule has 0 spiro atoms. The molecule has 1 atom stereocenters. The van der Waals surface area contributed by atoms with Crippen molar-refractivity contribution in [2.75, 3.05) is 5.32 Å². The Bertz CT molecular complexity index is 784. The van der Waals surface area contributed by atoms with Crippen molar-refractivity contribution in [3.8, 4) is 5.75 Å². The average molecular weight is 310 g/mol. The number of nitrogens with zero attached hydrogens (tertiary/aromatic N) is 1. The number of nitrogens with one attached hydrogen (secondary N) is 1. The molecule has 0 saturated heterocycles. The molecule has 0 bridgehead atoms. The fourth-order valence-electron chi connectivity index (χ4n) is 2.61. The van der Waals surface area contributed by atoms with E-state index >= 15 is 0 Å². The largest absolute Gasteiger partial charge is 0.439 e. The van der Waals surface area contributed by atoms with Gasteiger partial charge < -0.3 is 15.3 Å². The standard InChI is InChI=1S/C18H18N2O3/c1-11-7-8-14(9-12(11)2)19-17(21)15-10-13-5-3-4-6-16(13)23-18(15)20-22/h3-9,15,22H,10H2,1-2H3,(H,19,21)/b20-18-. The van der Waals surface area contributed by atoms with Gasteiger partial charge in [0.15, 0.2) is 0 Å². The van der Waals surface area contributed by atoms with Gasteiger partial charge in [0.25, 0.3) is 0 Å². The Hall–Kier alpha value is -2.82. The van der Waals surface area contributed by atoms with Gasteiger partial charge >= 0.3 is 0 Å². The van der Waals surface area contributed by atoms with Crippen molar-refractivity contribution in [3.05, 3.63) is 59.2 Å². The summed E-state index contributed by atoms with van der Waals surface area (Å²) in [4.78, 5) is 12.6. The lowest BCUT2D eigenvalue weighted by Gasteiger charge is -2.24. The summed E-state index contributed by atoms with van der Waals surface area (Å²) in [6, 6.07) is 13.1. The molecule has 5 heteroatoms. The van der Waals surface area contributed by atoms with Crippen molar-refractivity contribution in [1.82, 2.24) is 0 Å². The molecule has 0 fully saturated rings. The van der Waals surface area contributed by atoms with Crippen molar-refractivity contribution in [2.45, 2.75) is 20.3 Å². The van der Waals surface area contributed by atoms with Crippen molar-refractivity contribution in [2.24, 2.45) is 11.1 Å². The highest BCUT2D eigenvalue weighted by Gasteiger charge is 2.33. The molecule has 2 aromatic carbocycles. The number of fused-ring (bicyclic) bond motifs is 1. The smallest absolute Gasteiger partial charge is 0.243 e. The zero-order valence-corrected chi connectivity index (χ0v) is 13.0. The van der Waals surface area contributed by atoms with E-state index in [1.54, 1.807) is 6.07 Å². The minimum Gasteiger partial charge on any atom is -0.439 e. The van der Waals surface area contributed by atoms with Gasteiger partial charge in [0.1, 0.15) is 11.7 Å². The van der Waals surface area contributed by atoms with Gasteiger partial charge in [0, 0.05) is 5.69 Å². The SMILES string of the molecule is Cc1ccc(NC(=O)C2Cc3ccccc3O/C2=N\O)cc1C. The lowest BCUT2D eigenvalue weighted by Crippen LogP contribution is -2.37. The van der Waals surface area contributed by atoms with Crippen LogP contribution in [0.2, 0.25) is 0 Å². The number of carbonyl (C=O) groups is 1. The monoisotopic (exact) mass is 310 g/mol. The van der Waals surface area contributed by atoms with E-state index in [0.29, 0.717) is 17.9 Å². The first-order chi connectivity index (χ1) is 11.1. The van der Waals surface area contributed by atoms with Crippen LogP contribution in [0, 0.1) is 19.8 Å². The van der Waals surface area contributed by atoms with Crippen LogP contribution in [-0.4, -0.2) is 17.0 Å². The van der Waals surface area contributed by atoms with Crippen LogP contribution in [-0.2, 0) is 11.2 Å². The third-order valence-corrected chi connectivity index (χ3v) is 4.10. The first-order valence-electron chi connectivity index (χ1n) is 7.44. The van der Waals surface area contributed by atoms with Gasteiger partial charge in [0.05, 0.1) is 0 Å². The second kappa shape index (κ2) is 6.12. The summed E-state index contributed by atoms with van der Waals surface area (Å²) in [6.45, 7) is 4.01. The molecule has 2 aromatic rings. The number of para-hydroxylation sites is 1. The predicted octanol–water partition coefficient (Wildman–Crippen LogP) is 3.28. The number of rotatable bonds is 2. The summed E-state index contributed by atoms with van der Waals surface area (Å²) in [5.41, 5.74) is 3.90. The first kappa shape index (κ1) is 15.1. The Kier molecular flexibility index (Phi) is 4.02. The first-order valence-corrected chi connectivity index (χ1v) is 7.44. The summed E-state index contributed by atoms with van der Waals surface area (Å²) in [5.74, 6) is -0.271. The lowest BCUT2D eigenvalue weighted by molar-refractivity contribution is -0.118. The highest BCUT2D eigenvalue weighted by atomic mass is 16.5. The molecule has 1 aliphatic heterocycles. The Morgan fingerprint density at radius 1 is 1.22 bits per heavy atom. The van der Waals surface area contributed by atoms with Crippen molar-refractivity contribution in [1.29, 1.82) is 0 Å². The average Bonchev–Trinajstić information content (AvgIpc) is 2.57. The van der Waals surface area contributed by atoms with Crippen LogP contribution in [0.5, 0.6) is 5.75 Å². The molecule has 118 valence electrons. The molecule has 1 unspecified atom stereocenters. The molecule has 2 N–H and O–H groups in total. The van der Waals surface area contributed by atoms with E-state index in [4.69, 9.17) is 9.94 Å². The Morgan fingerprint density at radius 2 is 2.00 bits per heavy atom. The van der Waals surface area contributed by atoms with Crippen LogP contribution in [0.15, 0.2) is 47.6 Å². The highest BCUT2D eigenvalue weighted by Crippen LogP contribution is 2.29. The number of hydrogen-bond acceptors (Lipinski definition) is 4. The van der Waals surface area contributed by atoms with Gasteiger partial charge in [-0.2, -0.15) is 0 Å². The number of ether oxygens (including phenoxy) is 1. The van der Waals surface area contributed by atoms with Crippen LogP contribution in [0.25, 0.3) is 0 Å². The molecule has 0 aromatic heterocycles. The zero-order valence-electron chi connectivity index (χ0n) is 13.0. The van der Waals surface area contributed by atoms with Gasteiger partial charge in [-0.25, -0.2) is 0 Å². The molecular formula is C18H18N2O3. The molecule has 0 aliphatic carbocycles. The summed E-state index contributed by atoms with van der Waals surface area (Å²) in [6.07, 6.45) is 0.437. The summed E-state index contributed by atoms with van der Waals surface area (Å²) in [5, 5.41) is 15.2. The van der Waals surface area contributed by atoms with Crippen molar-refractivity contribution < 1.29 is 14.7 Å². The van der Waals surface area contributed by atoms with E-state index in [-0.39, 0.29) is 11.8 Å². The number of anilines is 1. The molecular weight excluding hydrogens is 292 g/mol. The van der Waals surface area contributed by atoms with E-state index in [2.05, 4.69) is 10.5 Å². The summed E-state index contributed by atoms with van der Waals surface area (Å²) < 4.78 is 5.53. The van der Waals surface area contributed by atoms with Crippen LogP contribution in [0.1, 0.15) is 16.7 Å². The third kappa shape index (κ3) is 3.04. The van der Waals surface area contributed by atoms with Gasteiger partial charge in [-0.1, -0.05) is 29.4 Å². The van der Waals surface area contributed by atoms with Crippen molar-refractivity contribution >= 4 is 17.5 Å². The highest BCUT2D eigenvalue weighted by molar-refractivity contribution is 6.07. The molecule has 23 heavy (non-hydrogen) atoms. The molecule has 0 saturated carbocycles. The van der Waals surface area contributed by atoms with Crippen LogP contribution in [0.4, 0.5) is 5.69 Å². The van der Waals surface area contributed by atoms with Gasteiger partial charge in [-0.15, -0.1) is 0 Å². The van der Waals surface area contributed by atoms with Gasteiger partial charge in [-0.3, -0.25) is 4.79 Å². The maximum Gasteiger partial charge on any atom is 0.243 e. The van der Waals surface area contributed by atoms with E-state index in [1.165, 1.54) is 0 Å². The minimum absolute atomic E-state index is 0.0185. The normalized spacial score (nSPS) is 18.2. The predicted molar refractivity (Wildman–Crippen MR) is 88.0 cm³/mol. The van der Waals surface area contributed by atoms with Crippen LogP contribution >= 0.6 is 0 Å². The van der Waals surface area contributed by atoms with E-state index in [1.807, 2.05) is 50.2 Å². The number of carbonyl (C=O) groups excluding carboxylic acids is 1. The summed E-state index contributed by atoms with van der Waals surface area (Å²) >= 11 is 0. The number of benzene rings is 2. The Balaban J connectivity index is 1.82. The Labute approximate surface area is 134 Å². The van der Waals surface area contributed by atoms with Crippen LogP contribution < -0.4 is 10.1 Å². The van der Waals surface area contributed by atoms with Gasteiger partial charge in [-0.05, 0) is 55.2 Å². The molecule has 1 amide bonds. The number of hydrogen-bond donors (Lipinski definition) is 2. The zero-order chi connectivity index (χ0) is 16.4. The second-order valence-corrected chi connectivity index (χ2v) is 5.69. The number of amides is 1. The van der Waals surface area contributed by atoms with Gasteiger partial charge in [0.2, 0.25) is 11.8 Å². The fraction of sp³-hybridized carbons (Fsp3) is 0.222. The lowest BCUT2D eigenvalue weighted by atomic mass is 9.95. The molecule has 1 aliphatic rings. The van der Waals surface area contributed by atoms with Crippen LogP contribution in [0.3, 0.4) is 0 Å².